The van der Waals surface area contributed by atoms with Crippen LogP contribution in [0.3, 0.4) is 0 Å². The van der Waals surface area contributed by atoms with Crippen molar-refractivity contribution in [2.45, 2.75) is 0 Å². The third-order valence-corrected chi connectivity index (χ3v) is 6.15. The molecule has 0 radical (unpaired) electrons. The third-order valence-electron chi connectivity index (χ3n) is 5.01. The summed E-state index contributed by atoms with van der Waals surface area (Å²) in [7, 11) is -3.83. The molecular weight excluding hydrogens is 442 g/mol. The third kappa shape index (κ3) is 4.73. The second kappa shape index (κ2) is 8.79. The number of aromatic hydroxyl groups is 1. The number of para-hydroxylation sites is 1. The van der Waals surface area contributed by atoms with Gasteiger partial charge in [0.25, 0.3) is 0 Å². The molecule has 0 saturated heterocycles. The molecule has 0 unspecified atom stereocenters. The van der Waals surface area contributed by atoms with Crippen LogP contribution in [0.2, 0.25) is 0 Å². The molecule has 0 amide bonds. The number of hydrogen-bond donors (Lipinski definition) is 3. The first-order valence-electron chi connectivity index (χ1n) is 9.98. The number of H-pyrrole nitrogens is 1. The van der Waals surface area contributed by atoms with Crippen LogP contribution in [-0.2, 0) is 14.8 Å². The smallest absolute Gasteiger partial charge is 0.324 e. The van der Waals surface area contributed by atoms with Gasteiger partial charge in [0.2, 0.25) is 10.0 Å². The quantitative estimate of drug-likeness (QED) is 0.359. The number of aromatic amines is 1. The minimum atomic E-state index is -3.83. The molecule has 1 heterocycles. The van der Waals surface area contributed by atoms with Crippen molar-refractivity contribution >= 4 is 44.0 Å². The first kappa shape index (κ1) is 22.1. The van der Waals surface area contributed by atoms with E-state index in [2.05, 4.69) is 4.98 Å². The molecule has 168 valence electrons. The summed E-state index contributed by atoms with van der Waals surface area (Å²) in [6.45, 7) is -0.708. The van der Waals surface area contributed by atoms with Crippen LogP contribution in [0.4, 0.5) is 11.4 Å². The van der Waals surface area contributed by atoms with Gasteiger partial charge in [-0.05, 0) is 24.3 Å². The van der Waals surface area contributed by atoms with E-state index in [0.29, 0.717) is 17.0 Å². The number of nitrogens with zero attached hydrogens (tertiary/aromatic N) is 2. The molecule has 0 bridgehead atoms. The SMILES string of the molecule is CS(=O)(=O)N(CC(=O)O)c1cccc(N=C(c2ccccc2)c2c(O)[nH]c3ccccc23)c1. The Morgan fingerprint density at radius 2 is 1.70 bits per heavy atom. The first-order valence-corrected chi connectivity index (χ1v) is 11.8. The van der Waals surface area contributed by atoms with Crippen molar-refractivity contribution in [3.05, 3.63) is 90.0 Å². The average molecular weight is 464 g/mol. The highest BCUT2D eigenvalue weighted by molar-refractivity contribution is 7.92. The standard InChI is InChI=1S/C24H21N3O5S/c1-33(31,32)27(15-21(28)29)18-11-7-10-17(14-18)25-23(16-8-3-2-4-9-16)22-19-12-5-6-13-20(19)26-24(22)30/h2-14,26,30H,15H2,1H3,(H,28,29). The van der Waals surface area contributed by atoms with Crippen molar-refractivity contribution in [2.24, 2.45) is 4.99 Å². The normalized spacial score (nSPS) is 12.1. The van der Waals surface area contributed by atoms with Crippen LogP contribution in [0, 0.1) is 0 Å². The molecule has 8 nitrogen and oxygen atoms in total. The van der Waals surface area contributed by atoms with Crippen LogP contribution in [0.15, 0.2) is 83.9 Å². The molecule has 9 heteroatoms. The summed E-state index contributed by atoms with van der Waals surface area (Å²) in [4.78, 5) is 18.9. The lowest BCUT2D eigenvalue weighted by Gasteiger charge is -2.20. The number of aliphatic imine (C=N–C) groups is 1. The zero-order chi connectivity index (χ0) is 23.6. The van der Waals surface area contributed by atoms with E-state index in [-0.39, 0.29) is 11.6 Å². The monoisotopic (exact) mass is 463 g/mol. The van der Waals surface area contributed by atoms with Crippen molar-refractivity contribution in [3.8, 4) is 5.88 Å². The second-order valence-electron chi connectivity index (χ2n) is 7.40. The Bertz CT molecular complexity index is 1460. The zero-order valence-electron chi connectivity index (χ0n) is 17.6. The van der Waals surface area contributed by atoms with Gasteiger partial charge in [-0.2, -0.15) is 0 Å². The highest BCUT2D eigenvalue weighted by Crippen LogP contribution is 2.32. The van der Waals surface area contributed by atoms with Crippen LogP contribution in [-0.4, -0.2) is 48.1 Å². The van der Waals surface area contributed by atoms with Crippen LogP contribution in [0.1, 0.15) is 11.1 Å². The molecule has 0 saturated carbocycles. The first-order chi connectivity index (χ1) is 15.7. The van der Waals surface area contributed by atoms with E-state index < -0.39 is 22.5 Å². The predicted molar refractivity (Wildman–Crippen MR) is 128 cm³/mol. The summed E-state index contributed by atoms with van der Waals surface area (Å²) in [5, 5.41) is 20.6. The van der Waals surface area contributed by atoms with E-state index in [4.69, 9.17) is 10.1 Å². The maximum Gasteiger partial charge on any atom is 0.324 e. The molecule has 0 aliphatic rings. The number of carboxylic acid groups (broad SMARTS) is 1. The minimum Gasteiger partial charge on any atom is -0.494 e. The van der Waals surface area contributed by atoms with E-state index in [0.717, 1.165) is 27.0 Å². The number of aliphatic carboxylic acids is 1. The topological polar surface area (TPSA) is 123 Å². The Labute approximate surface area is 190 Å². The van der Waals surface area contributed by atoms with Crippen molar-refractivity contribution in [1.82, 2.24) is 4.98 Å². The van der Waals surface area contributed by atoms with Gasteiger partial charge in [-0.3, -0.25) is 9.10 Å². The van der Waals surface area contributed by atoms with Gasteiger partial charge in [-0.1, -0.05) is 54.6 Å². The van der Waals surface area contributed by atoms with Crippen LogP contribution in [0.25, 0.3) is 10.9 Å². The Hall–Kier alpha value is -4.11. The van der Waals surface area contributed by atoms with Crippen molar-refractivity contribution in [2.75, 3.05) is 17.1 Å². The van der Waals surface area contributed by atoms with Crippen molar-refractivity contribution in [1.29, 1.82) is 0 Å². The average Bonchev–Trinajstić information content (AvgIpc) is 3.11. The van der Waals surface area contributed by atoms with Crippen LogP contribution < -0.4 is 4.31 Å². The van der Waals surface area contributed by atoms with Gasteiger partial charge >= 0.3 is 5.97 Å². The van der Waals surface area contributed by atoms with Gasteiger partial charge in [0.1, 0.15) is 6.54 Å². The molecule has 4 rings (SSSR count). The summed E-state index contributed by atoms with van der Waals surface area (Å²) in [5.41, 5.74) is 3.05. The molecule has 33 heavy (non-hydrogen) atoms. The van der Waals surface area contributed by atoms with Gasteiger partial charge < -0.3 is 15.2 Å². The number of anilines is 1. The molecule has 3 N–H and O–H groups in total. The van der Waals surface area contributed by atoms with E-state index in [9.17, 15) is 18.3 Å². The molecule has 1 aromatic heterocycles. The molecule has 0 aliphatic heterocycles. The number of fused-ring (bicyclic) bond motifs is 1. The number of nitrogens with one attached hydrogen (secondary N) is 1. The number of carboxylic acids is 1. The zero-order valence-corrected chi connectivity index (χ0v) is 18.5. The summed E-state index contributed by atoms with van der Waals surface area (Å²) in [6.07, 6.45) is 0.950. The van der Waals surface area contributed by atoms with Gasteiger partial charge in [0.05, 0.1) is 28.9 Å². The van der Waals surface area contributed by atoms with E-state index in [1.165, 1.54) is 12.1 Å². The summed E-state index contributed by atoms with van der Waals surface area (Å²) in [6, 6.07) is 23.0. The number of carbonyl (C=O) groups is 1. The van der Waals surface area contributed by atoms with E-state index >= 15 is 0 Å². The lowest BCUT2D eigenvalue weighted by atomic mass is 10.0. The highest BCUT2D eigenvalue weighted by Gasteiger charge is 2.22. The number of benzene rings is 3. The van der Waals surface area contributed by atoms with Gasteiger partial charge in [0, 0.05) is 16.5 Å². The molecule has 0 aliphatic carbocycles. The number of hydrogen-bond acceptors (Lipinski definition) is 5. The highest BCUT2D eigenvalue weighted by atomic mass is 32.2. The lowest BCUT2D eigenvalue weighted by Crippen LogP contribution is -2.34. The number of rotatable bonds is 7. The molecular formula is C24H21N3O5S. The molecule has 0 atom stereocenters. The number of sulfonamides is 1. The summed E-state index contributed by atoms with van der Waals surface area (Å²) >= 11 is 0. The van der Waals surface area contributed by atoms with Gasteiger partial charge in [-0.25, -0.2) is 13.4 Å². The summed E-state index contributed by atoms with van der Waals surface area (Å²) in [5.74, 6) is -1.32. The molecule has 4 aromatic rings. The molecule has 0 spiro atoms. The minimum absolute atomic E-state index is 0.0430. The van der Waals surface area contributed by atoms with Gasteiger partial charge in [0.15, 0.2) is 5.88 Å². The fourth-order valence-corrected chi connectivity index (χ4v) is 4.44. The largest absolute Gasteiger partial charge is 0.494 e. The van der Waals surface area contributed by atoms with Gasteiger partial charge in [-0.15, -0.1) is 0 Å². The fourth-order valence-electron chi connectivity index (χ4n) is 3.60. The Balaban J connectivity index is 1.90. The fraction of sp³-hybridized carbons (Fsp3) is 0.0833. The lowest BCUT2D eigenvalue weighted by molar-refractivity contribution is -0.135. The second-order valence-corrected chi connectivity index (χ2v) is 9.31. The number of aromatic nitrogens is 1. The van der Waals surface area contributed by atoms with Crippen molar-refractivity contribution in [3.63, 3.8) is 0 Å². The Morgan fingerprint density at radius 3 is 2.39 bits per heavy atom. The van der Waals surface area contributed by atoms with Crippen LogP contribution >= 0.6 is 0 Å². The maximum absolute atomic E-state index is 12.2. The Kier molecular flexibility index (Phi) is 5.89. The van der Waals surface area contributed by atoms with Crippen molar-refractivity contribution < 1.29 is 23.4 Å². The predicted octanol–water partition coefficient (Wildman–Crippen LogP) is 3.89. The van der Waals surface area contributed by atoms with E-state index in [1.54, 1.807) is 12.1 Å². The van der Waals surface area contributed by atoms with Crippen LogP contribution in [0.5, 0.6) is 5.88 Å². The Morgan fingerprint density at radius 1 is 1.00 bits per heavy atom. The summed E-state index contributed by atoms with van der Waals surface area (Å²) < 4.78 is 25.2. The molecule has 0 fully saturated rings. The maximum atomic E-state index is 12.2. The van der Waals surface area contributed by atoms with E-state index in [1.807, 2.05) is 54.6 Å². The molecule has 3 aromatic carbocycles.